The van der Waals surface area contributed by atoms with Crippen molar-refractivity contribution in [2.75, 3.05) is 13.2 Å². The second-order valence-corrected chi connectivity index (χ2v) is 10.9. The predicted octanol–water partition coefficient (Wildman–Crippen LogP) is 4.93. The fourth-order valence-electron chi connectivity index (χ4n) is 6.57. The highest BCUT2D eigenvalue weighted by Gasteiger charge is 2.72. The number of ether oxygens (including phenoxy) is 2. The minimum atomic E-state index is -1.21. The van der Waals surface area contributed by atoms with E-state index in [0.717, 1.165) is 16.7 Å². The van der Waals surface area contributed by atoms with Crippen LogP contribution in [0.2, 0.25) is 0 Å². The van der Waals surface area contributed by atoms with Crippen molar-refractivity contribution in [1.29, 1.82) is 0 Å². The van der Waals surface area contributed by atoms with Gasteiger partial charge in [-0.2, -0.15) is 0 Å². The fourth-order valence-corrected chi connectivity index (χ4v) is 6.57. The highest BCUT2D eigenvalue weighted by molar-refractivity contribution is 5.85. The highest BCUT2D eigenvalue weighted by atomic mass is 16.6. The molecule has 0 radical (unpaired) electrons. The van der Waals surface area contributed by atoms with Crippen molar-refractivity contribution in [1.82, 2.24) is 5.32 Å². The largest absolute Gasteiger partial charge is 0.478 e. The molecule has 3 aromatic carbocycles. The van der Waals surface area contributed by atoms with Crippen LogP contribution in [0.25, 0.3) is 11.1 Å². The summed E-state index contributed by atoms with van der Waals surface area (Å²) >= 11 is 0. The first-order valence-electron chi connectivity index (χ1n) is 12.9. The van der Waals surface area contributed by atoms with E-state index in [1.165, 1.54) is 11.1 Å². The van der Waals surface area contributed by atoms with E-state index in [-0.39, 0.29) is 24.4 Å². The van der Waals surface area contributed by atoms with Crippen LogP contribution in [0, 0.1) is 10.8 Å². The first kappa shape index (κ1) is 24.2. The van der Waals surface area contributed by atoms with Crippen LogP contribution >= 0.6 is 0 Å². The fraction of sp³-hybridized carbons (Fsp3) is 0.323. The van der Waals surface area contributed by atoms with E-state index < -0.39 is 29.6 Å². The molecule has 1 atom stereocenters. The zero-order valence-corrected chi connectivity index (χ0v) is 20.9. The molecule has 2 bridgehead atoms. The SMILES string of the molecule is O=C(NCC12CC(C(=O)OC(Cc3ccccc3)C(=O)O)(C1)C2)OCC1c2ccccc2-c2ccccc21. The average molecular weight is 512 g/mol. The topological polar surface area (TPSA) is 102 Å². The second kappa shape index (κ2) is 9.31. The maximum Gasteiger partial charge on any atom is 0.407 e. The molecule has 7 nitrogen and oxygen atoms in total. The number of carboxylic acid groups (broad SMARTS) is 1. The normalized spacial score (nSPS) is 23.2. The molecule has 7 rings (SSSR count). The predicted molar refractivity (Wildman–Crippen MR) is 139 cm³/mol. The van der Waals surface area contributed by atoms with Gasteiger partial charge in [-0.05, 0) is 52.5 Å². The van der Waals surface area contributed by atoms with Gasteiger partial charge < -0.3 is 19.9 Å². The minimum absolute atomic E-state index is 0.000735. The Balaban J connectivity index is 0.984. The summed E-state index contributed by atoms with van der Waals surface area (Å²) in [5.74, 6) is -1.61. The number of carbonyl (C=O) groups is 3. The summed E-state index contributed by atoms with van der Waals surface area (Å²) in [6.45, 7) is 0.673. The lowest BCUT2D eigenvalue weighted by atomic mass is 9.35. The number of esters is 1. The number of hydrogen-bond acceptors (Lipinski definition) is 5. The van der Waals surface area contributed by atoms with Gasteiger partial charge in [0, 0.05) is 18.9 Å². The Kier molecular flexibility index (Phi) is 5.94. The molecule has 3 saturated carbocycles. The maximum absolute atomic E-state index is 12.8. The number of nitrogens with one attached hydrogen (secondary N) is 1. The lowest BCUT2D eigenvalue weighted by Gasteiger charge is -2.68. The minimum Gasteiger partial charge on any atom is -0.478 e. The van der Waals surface area contributed by atoms with E-state index in [0.29, 0.717) is 25.8 Å². The quantitative estimate of drug-likeness (QED) is 0.395. The summed E-state index contributed by atoms with van der Waals surface area (Å²) in [7, 11) is 0. The summed E-state index contributed by atoms with van der Waals surface area (Å²) in [6.07, 6.45) is 0.198. The Morgan fingerprint density at radius 2 is 1.45 bits per heavy atom. The molecule has 2 N–H and O–H groups in total. The smallest absolute Gasteiger partial charge is 0.407 e. The van der Waals surface area contributed by atoms with Crippen LogP contribution in [-0.4, -0.2) is 42.4 Å². The van der Waals surface area contributed by atoms with Gasteiger partial charge in [-0.15, -0.1) is 0 Å². The van der Waals surface area contributed by atoms with Gasteiger partial charge in [0.25, 0.3) is 0 Å². The van der Waals surface area contributed by atoms with Crippen molar-refractivity contribution in [3.05, 3.63) is 95.6 Å². The number of aliphatic carboxylic acids is 1. The highest BCUT2D eigenvalue weighted by Crippen LogP contribution is 2.73. The summed E-state index contributed by atoms with van der Waals surface area (Å²) in [6, 6.07) is 25.5. The second-order valence-electron chi connectivity index (χ2n) is 10.9. The summed E-state index contributed by atoms with van der Waals surface area (Å²) < 4.78 is 11.1. The van der Waals surface area contributed by atoms with Gasteiger partial charge in [0.05, 0.1) is 5.41 Å². The molecule has 194 valence electrons. The first-order valence-corrected chi connectivity index (χ1v) is 12.9. The average Bonchev–Trinajstić information content (AvgIpc) is 3.20. The maximum atomic E-state index is 12.8. The number of hydrogen-bond donors (Lipinski definition) is 2. The Hall–Kier alpha value is -4.13. The number of amides is 1. The van der Waals surface area contributed by atoms with Crippen molar-refractivity contribution in [3.63, 3.8) is 0 Å². The van der Waals surface area contributed by atoms with Crippen LogP contribution in [0.4, 0.5) is 4.79 Å². The van der Waals surface area contributed by atoms with Crippen molar-refractivity contribution < 1.29 is 29.0 Å². The molecule has 0 heterocycles. The number of carbonyl (C=O) groups excluding carboxylic acids is 2. The van der Waals surface area contributed by atoms with Crippen molar-refractivity contribution in [2.45, 2.75) is 37.7 Å². The van der Waals surface area contributed by atoms with Crippen molar-refractivity contribution in [2.24, 2.45) is 10.8 Å². The van der Waals surface area contributed by atoms with Gasteiger partial charge in [0.1, 0.15) is 6.61 Å². The van der Waals surface area contributed by atoms with E-state index in [2.05, 4.69) is 29.6 Å². The van der Waals surface area contributed by atoms with E-state index >= 15 is 0 Å². The first-order chi connectivity index (χ1) is 18.4. The van der Waals surface area contributed by atoms with Crippen molar-refractivity contribution in [3.8, 4) is 11.1 Å². The summed E-state index contributed by atoms with van der Waals surface area (Å²) in [5.41, 5.74) is 4.69. The monoisotopic (exact) mass is 511 g/mol. The molecule has 3 fully saturated rings. The molecule has 1 amide bonds. The summed E-state index contributed by atoms with van der Waals surface area (Å²) in [5, 5.41) is 12.4. The molecule has 0 aromatic heterocycles. The molecule has 7 heteroatoms. The van der Waals surface area contributed by atoms with Crippen LogP contribution in [0.5, 0.6) is 0 Å². The Labute approximate surface area is 220 Å². The molecule has 0 aliphatic heterocycles. The lowest BCUT2D eigenvalue weighted by molar-refractivity contribution is -0.230. The molecule has 4 aliphatic carbocycles. The number of alkyl carbamates (subject to hydrolysis) is 1. The molecule has 3 aromatic rings. The number of carboxylic acids is 1. The van der Waals surface area contributed by atoms with Crippen LogP contribution in [0.1, 0.15) is 41.9 Å². The molecular weight excluding hydrogens is 482 g/mol. The molecule has 0 spiro atoms. The molecule has 4 aliphatic rings. The van der Waals surface area contributed by atoms with Gasteiger partial charge in [-0.25, -0.2) is 9.59 Å². The van der Waals surface area contributed by atoms with Gasteiger partial charge in [-0.1, -0.05) is 78.9 Å². The number of benzene rings is 3. The van der Waals surface area contributed by atoms with Gasteiger partial charge in [0.15, 0.2) is 0 Å². The third kappa shape index (κ3) is 4.22. The van der Waals surface area contributed by atoms with Crippen LogP contribution in [0.15, 0.2) is 78.9 Å². The Morgan fingerprint density at radius 3 is 2.05 bits per heavy atom. The lowest BCUT2D eigenvalue weighted by Crippen LogP contribution is -2.69. The van der Waals surface area contributed by atoms with E-state index in [1.54, 1.807) is 0 Å². The Bertz CT molecular complexity index is 1330. The van der Waals surface area contributed by atoms with E-state index in [4.69, 9.17) is 9.47 Å². The third-order valence-corrected chi connectivity index (χ3v) is 8.31. The number of fused-ring (bicyclic) bond motifs is 3. The van der Waals surface area contributed by atoms with Crippen LogP contribution in [-0.2, 0) is 25.5 Å². The van der Waals surface area contributed by atoms with Gasteiger partial charge in [0.2, 0.25) is 6.10 Å². The molecule has 1 unspecified atom stereocenters. The molecule has 0 saturated heterocycles. The molecule has 38 heavy (non-hydrogen) atoms. The van der Waals surface area contributed by atoms with E-state index in [9.17, 15) is 19.5 Å². The van der Waals surface area contributed by atoms with Crippen LogP contribution in [0.3, 0.4) is 0 Å². The molecular formula is C31H29NO6. The zero-order chi connectivity index (χ0) is 26.3. The Morgan fingerprint density at radius 1 is 0.868 bits per heavy atom. The summed E-state index contributed by atoms with van der Waals surface area (Å²) in [4.78, 5) is 37.0. The van der Waals surface area contributed by atoms with Gasteiger partial charge in [-0.3, -0.25) is 4.79 Å². The standard InChI is InChI=1S/C31H29NO6/c33-27(34)26(14-20-8-2-1-3-9-20)38-28(35)31-16-30(17-31,18-31)19-32-29(36)37-15-25-23-12-6-4-10-21(23)22-11-5-7-13-24(22)25/h1-13,25-26H,14-19H2,(H,32,36)(H,33,34). The van der Waals surface area contributed by atoms with Crippen molar-refractivity contribution >= 4 is 18.0 Å². The van der Waals surface area contributed by atoms with E-state index in [1.807, 2.05) is 54.6 Å². The van der Waals surface area contributed by atoms with Crippen LogP contribution < -0.4 is 5.32 Å². The van der Waals surface area contributed by atoms with Gasteiger partial charge >= 0.3 is 18.0 Å². The third-order valence-electron chi connectivity index (χ3n) is 8.31. The number of rotatable bonds is 9. The zero-order valence-electron chi connectivity index (χ0n) is 20.9.